The second-order valence-corrected chi connectivity index (χ2v) is 5.54. The van der Waals surface area contributed by atoms with Gasteiger partial charge in [-0.05, 0) is 36.6 Å². The Morgan fingerprint density at radius 2 is 2.16 bits per heavy atom. The molecule has 0 aliphatic carbocycles. The van der Waals surface area contributed by atoms with Gasteiger partial charge in [-0.2, -0.15) is 0 Å². The monoisotopic (exact) mass is 294 g/mol. The highest BCUT2D eigenvalue weighted by molar-refractivity contribution is 7.10. The maximum absolute atomic E-state index is 11.6. The lowest BCUT2D eigenvalue weighted by atomic mass is 10.1. The number of thiophene rings is 1. The summed E-state index contributed by atoms with van der Waals surface area (Å²) in [5.41, 5.74) is 1.36. The van der Waals surface area contributed by atoms with Gasteiger partial charge in [-0.25, -0.2) is 0 Å². The van der Waals surface area contributed by atoms with Crippen LogP contribution < -0.4 is 10.6 Å². The van der Waals surface area contributed by atoms with Gasteiger partial charge in [-0.1, -0.05) is 17.7 Å². The van der Waals surface area contributed by atoms with E-state index in [-0.39, 0.29) is 11.9 Å². The van der Waals surface area contributed by atoms with Crippen LogP contribution >= 0.6 is 22.9 Å². The first-order valence-corrected chi connectivity index (χ1v) is 7.19. The number of carbonyl (C=O) groups excluding carboxylic acids is 1. The number of hydrogen-bond acceptors (Lipinski definition) is 3. The molecule has 1 unspecified atom stereocenters. The van der Waals surface area contributed by atoms with Crippen molar-refractivity contribution in [1.29, 1.82) is 0 Å². The normalized spacial score (nSPS) is 11.9. The summed E-state index contributed by atoms with van der Waals surface area (Å²) in [6, 6.07) is 9.44. The smallest absolute Gasteiger partial charge is 0.251 e. The molecule has 1 heterocycles. The average Bonchev–Trinajstić information content (AvgIpc) is 2.94. The zero-order chi connectivity index (χ0) is 13.8. The minimum Gasteiger partial charge on any atom is -0.376 e. The number of halogens is 1. The van der Waals surface area contributed by atoms with Gasteiger partial charge in [0.2, 0.25) is 0 Å². The number of rotatable bonds is 4. The van der Waals surface area contributed by atoms with E-state index in [9.17, 15) is 4.79 Å². The Morgan fingerprint density at radius 3 is 2.79 bits per heavy atom. The summed E-state index contributed by atoms with van der Waals surface area (Å²) in [7, 11) is 1.61. The lowest BCUT2D eigenvalue weighted by Crippen LogP contribution is -2.18. The van der Waals surface area contributed by atoms with Crippen LogP contribution in [0.1, 0.15) is 28.2 Å². The Bertz CT molecular complexity index is 569. The van der Waals surface area contributed by atoms with Crippen molar-refractivity contribution in [2.75, 3.05) is 12.4 Å². The summed E-state index contributed by atoms with van der Waals surface area (Å²) in [6.45, 7) is 2.06. The van der Waals surface area contributed by atoms with E-state index < -0.39 is 0 Å². The van der Waals surface area contributed by atoms with Crippen LogP contribution in [-0.2, 0) is 0 Å². The van der Waals surface area contributed by atoms with Gasteiger partial charge in [-0.3, -0.25) is 4.79 Å². The van der Waals surface area contributed by atoms with Crippen molar-refractivity contribution >= 4 is 34.5 Å². The lowest BCUT2D eigenvalue weighted by Gasteiger charge is -2.15. The molecule has 0 spiro atoms. The SMILES string of the molecule is CNC(=O)c1ccc(Cl)c(NC(C)c2cccs2)c1. The molecule has 0 saturated carbocycles. The van der Waals surface area contributed by atoms with Crippen molar-refractivity contribution in [2.24, 2.45) is 0 Å². The third kappa shape index (κ3) is 3.28. The van der Waals surface area contributed by atoms with E-state index in [0.717, 1.165) is 5.69 Å². The van der Waals surface area contributed by atoms with Gasteiger partial charge in [0.15, 0.2) is 0 Å². The van der Waals surface area contributed by atoms with Crippen LogP contribution in [0.25, 0.3) is 0 Å². The highest BCUT2D eigenvalue weighted by Crippen LogP contribution is 2.28. The van der Waals surface area contributed by atoms with Gasteiger partial charge >= 0.3 is 0 Å². The molecule has 0 aliphatic heterocycles. The van der Waals surface area contributed by atoms with E-state index >= 15 is 0 Å². The molecule has 1 aromatic heterocycles. The Labute approximate surface area is 121 Å². The molecule has 5 heteroatoms. The van der Waals surface area contributed by atoms with Crippen molar-refractivity contribution in [2.45, 2.75) is 13.0 Å². The summed E-state index contributed by atoms with van der Waals surface area (Å²) >= 11 is 7.85. The van der Waals surface area contributed by atoms with Gasteiger partial charge in [0.1, 0.15) is 0 Å². The van der Waals surface area contributed by atoms with E-state index in [0.29, 0.717) is 10.6 Å². The van der Waals surface area contributed by atoms with Gasteiger partial charge in [0.25, 0.3) is 5.91 Å². The molecule has 0 radical (unpaired) electrons. The molecule has 1 amide bonds. The molecule has 0 bridgehead atoms. The van der Waals surface area contributed by atoms with Crippen LogP contribution in [0, 0.1) is 0 Å². The summed E-state index contributed by atoms with van der Waals surface area (Å²) < 4.78 is 0. The average molecular weight is 295 g/mol. The van der Waals surface area contributed by atoms with Crippen LogP contribution in [-0.4, -0.2) is 13.0 Å². The topological polar surface area (TPSA) is 41.1 Å². The third-order valence-corrected chi connectivity index (χ3v) is 4.18. The quantitative estimate of drug-likeness (QED) is 0.897. The first-order valence-electron chi connectivity index (χ1n) is 5.93. The summed E-state index contributed by atoms with van der Waals surface area (Å²) in [6.07, 6.45) is 0. The Kier molecular flexibility index (Phi) is 4.45. The lowest BCUT2D eigenvalue weighted by molar-refractivity contribution is 0.0963. The molecule has 2 N–H and O–H groups in total. The largest absolute Gasteiger partial charge is 0.376 e. The minimum absolute atomic E-state index is 0.122. The first-order chi connectivity index (χ1) is 9.11. The highest BCUT2D eigenvalue weighted by Gasteiger charge is 2.11. The van der Waals surface area contributed by atoms with E-state index in [2.05, 4.69) is 23.6 Å². The van der Waals surface area contributed by atoms with E-state index in [1.165, 1.54) is 4.88 Å². The number of amides is 1. The van der Waals surface area contributed by atoms with Crippen LogP contribution in [0.3, 0.4) is 0 Å². The van der Waals surface area contributed by atoms with E-state index in [1.54, 1.807) is 36.6 Å². The van der Waals surface area contributed by atoms with Crippen molar-refractivity contribution < 1.29 is 4.79 Å². The van der Waals surface area contributed by atoms with Crippen LogP contribution in [0.2, 0.25) is 5.02 Å². The van der Waals surface area contributed by atoms with Crippen LogP contribution in [0.15, 0.2) is 35.7 Å². The number of anilines is 1. The van der Waals surface area contributed by atoms with Crippen LogP contribution in [0.4, 0.5) is 5.69 Å². The summed E-state index contributed by atoms with van der Waals surface area (Å²) in [5, 5.41) is 8.58. The van der Waals surface area contributed by atoms with Crippen molar-refractivity contribution in [3.8, 4) is 0 Å². The number of nitrogens with one attached hydrogen (secondary N) is 2. The second kappa shape index (κ2) is 6.08. The Hall–Kier alpha value is -1.52. The van der Waals surface area contributed by atoms with Gasteiger partial charge in [-0.15, -0.1) is 11.3 Å². The summed E-state index contributed by atoms with van der Waals surface area (Å²) in [5.74, 6) is -0.122. The maximum Gasteiger partial charge on any atom is 0.251 e. The molecule has 2 rings (SSSR count). The molecule has 0 aliphatic rings. The maximum atomic E-state index is 11.6. The van der Waals surface area contributed by atoms with Crippen molar-refractivity contribution in [3.05, 3.63) is 51.2 Å². The third-order valence-electron chi connectivity index (χ3n) is 2.80. The fourth-order valence-corrected chi connectivity index (χ4v) is 2.67. The predicted octanol–water partition coefficient (Wildman–Crippen LogP) is 3.93. The van der Waals surface area contributed by atoms with Crippen molar-refractivity contribution in [3.63, 3.8) is 0 Å². The first kappa shape index (κ1) is 13.9. The van der Waals surface area contributed by atoms with Gasteiger partial charge in [0.05, 0.1) is 16.8 Å². The molecule has 0 saturated heterocycles. The van der Waals surface area contributed by atoms with Gasteiger partial charge < -0.3 is 10.6 Å². The molecule has 3 nitrogen and oxygen atoms in total. The van der Waals surface area contributed by atoms with E-state index in [4.69, 9.17) is 11.6 Å². The fraction of sp³-hybridized carbons (Fsp3) is 0.214. The highest BCUT2D eigenvalue weighted by atomic mass is 35.5. The molecule has 1 aromatic carbocycles. The molecule has 19 heavy (non-hydrogen) atoms. The number of carbonyl (C=O) groups is 1. The molecule has 2 aromatic rings. The zero-order valence-electron chi connectivity index (χ0n) is 10.7. The van der Waals surface area contributed by atoms with Crippen molar-refractivity contribution in [1.82, 2.24) is 5.32 Å². The standard InChI is InChI=1S/C14H15ClN2OS/c1-9(13-4-3-7-19-13)17-12-8-10(14(18)16-2)5-6-11(12)15/h3-9,17H,1-2H3,(H,16,18). The van der Waals surface area contributed by atoms with Gasteiger partial charge in [0, 0.05) is 17.5 Å². The predicted molar refractivity (Wildman–Crippen MR) is 81.2 cm³/mol. The molecule has 1 atom stereocenters. The van der Waals surface area contributed by atoms with Crippen LogP contribution in [0.5, 0.6) is 0 Å². The van der Waals surface area contributed by atoms with E-state index in [1.807, 2.05) is 11.4 Å². The number of benzene rings is 1. The number of hydrogen-bond donors (Lipinski definition) is 2. The second-order valence-electron chi connectivity index (χ2n) is 4.16. The Morgan fingerprint density at radius 1 is 1.37 bits per heavy atom. The zero-order valence-corrected chi connectivity index (χ0v) is 12.3. The fourth-order valence-electron chi connectivity index (χ4n) is 1.76. The molecule has 100 valence electrons. The minimum atomic E-state index is -0.122. The summed E-state index contributed by atoms with van der Waals surface area (Å²) in [4.78, 5) is 12.8. The Balaban J connectivity index is 2.22. The molecular weight excluding hydrogens is 280 g/mol. The molecule has 0 fully saturated rings. The molecular formula is C14H15ClN2OS.